The highest BCUT2D eigenvalue weighted by Gasteiger charge is 2.30. The Bertz CT molecular complexity index is 945. The molecule has 0 bridgehead atoms. The Balaban J connectivity index is 2.91. The van der Waals surface area contributed by atoms with E-state index in [2.05, 4.69) is 28.6 Å². The van der Waals surface area contributed by atoms with Crippen molar-refractivity contribution in [3.05, 3.63) is 35.9 Å². The van der Waals surface area contributed by atoms with E-state index in [0.717, 1.165) is 0 Å². The van der Waals surface area contributed by atoms with Gasteiger partial charge in [-0.15, -0.1) is 0 Å². The third-order valence-electron chi connectivity index (χ3n) is 5.00. The second-order valence-corrected chi connectivity index (χ2v) is 8.23. The normalized spacial score (nSPS) is 13.9. The molecule has 0 radical (unpaired) electrons. The van der Waals surface area contributed by atoms with Crippen molar-refractivity contribution in [2.75, 3.05) is 5.75 Å². The number of thiol groups is 1. The van der Waals surface area contributed by atoms with Gasteiger partial charge in [0.2, 0.25) is 17.7 Å². The van der Waals surface area contributed by atoms with Crippen molar-refractivity contribution in [3.63, 3.8) is 0 Å². The van der Waals surface area contributed by atoms with Gasteiger partial charge in [0, 0.05) is 25.0 Å². The highest BCUT2D eigenvalue weighted by Crippen LogP contribution is 2.06. The molecule has 1 rings (SSSR count). The lowest BCUT2D eigenvalue weighted by Gasteiger charge is -2.24. The van der Waals surface area contributed by atoms with Crippen LogP contribution in [0.3, 0.4) is 0 Å². The summed E-state index contributed by atoms with van der Waals surface area (Å²) >= 11 is 4.00. The molecule has 13 nitrogen and oxygen atoms in total. The number of carbonyl (C=O) groups excluding carboxylic acids is 3. The van der Waals surface area contributed by atoms with Crippen LogP contribution in [0.15, 0.2) is 30.3 Å². The van der Waals surface area contributed by atoms with Gasteiger partial charge in [-0.05, 0) is 18.4 Å². The summed E-state index contributed by atoms with van der Waals surface area (Å²) in [5.74, 6) is -6.57. The lowest BCUT2D eigenvalue weighted by molar-refractivity contribution is -0.143. The van der Waals surface area contributed by atoms with E-state index in [1.54, 1.807) is 30.3 Å². The SMILES string of the molecule is NC(CCC(=O)O)C(=O)NC(CS)C(=O)NC(CCC(=O)O)C(=O)NC(Cc1ccccc1)C(=O)O. The molecule has 0 spiro atoms. The smallest absolute Gasteiger partial charge is 0.326 e. The molecule has 0 aliphatic rings. The fourth-order valence-corrected chi connectivity index (χ4v) is 3.27. The molecule has 198 valence electrons. The van der Waals surface area contributed by atoms with Crippen molar-refractivity contribution >= 4 is 48.3 Å². The van der Waals surface area contributed by atoms with Crippen LogP contribution in [0.2, 0.25) is 0 Å². The summed E-state index contributed by atoms with van der Waals surface area (Å²) < 4.78 is 0. The van der Waals surface area contributed by atoms with Crippen LogP contribution in [0.25, 0.3) is 0 Å². The van der Waals surface area contributed by atoms with Gasteiger partial charge in [-0.25, -0.2) is 4.79 Å². The molecule has 0 heterocycles. The topological polar surface area (TPSA) is 225 Å². The predicted octanol–water partition coefficient (Wildman–Crippen LogP) is -1.25. The standard InChI is InChI=1S/C22H30N4O9S/c23-13(6-8-17(27)28)19(31)26-16(11-36)21(33)24-14(7-9-18(29)30)20(32)25-15(22(34)35)10-12-4-2-1-3-5-12/h1-5,13-16,36H,6-11,23H2,(H,24,33)(H,25,32)(H,26,31)(H,27,28)(H,29,30)(H,34,35). The maximum absolute atomic E-state index is 12.8. The Morgan fingerprint density at radius 2 is 1.25 bits per heavy atom. The van der Waals surface area contributed by atoms with Crippen LogP contribution in [-0.4, -0.2) is 80.9 Å². The van der Waals surface area contributed by atoms with E-state index in [1.165, 1.54) is 0 Å². The Morgan fingerprint density at radius 3 is 1.78 bits per heavy atom. The lowest BCUT2D eigenvalue weighted by atomic mass is 10.0. The zero-order valence-electron chi connectivity index (χ0n) is 19.3. The molecule has 0 saturated carbocycles. The van der Waals surface area contributed by atoms with Crippen molar-refractivity contribution in [3.8, 4) is 0 Å². The van der Waals surface area contributed by atoms with Crippen LogP contribution in [0.1, 0.15) is 31.2 Å². The Morgan fingerprint density at radius 1 is 0.750 bits per heavy atom. The molecule has 4 unspecified atom stereocenters. The number of carboxylic acid groups (broad SMARTS) is 3. The van der Waals surface area contributed by atoms with Gasteiger partial charge in [-0.2, -0.15) is 12.6 Å². The van der Waals surface area contributed by atoms with Crippen LogP contribution in [0.4, 0.5) is 0 Å². The van der Waals surface area contributed by atoms with Gasteiger partial charge in [0.1, 0.15) is 18.1 Å². The number of amides is 3. The van der Waals surface area contributed by atoms with Crippen molar-refractivity contribution in [2.24, 2.45) is 5.73 Å². The van der Waals surface area contributed by atoms with E-state index in [0.29, 0.717) is 5.56 Å². The third-order valence-corrected chi connectivity index (χ3v) is 5.36. The Hall–Kier alpha value is -3.65. The van der Waals surface area contributed by atoms with Gasteiger partial charge in [-0.1, -0.05) is 30.3 Å². The third kappa shape index (κ3) is 11.2. The molecule has 0 aliphatic heterocycles. The van der Waals surface area contributed by atoms with E-state index in [-0.39, 0.29) is 31.4 Å². The first-order valence-electron chi connectivity index (χ1n) is 10.9. The number of carbonyl (C=O) groups is 6. The van der Waals surface area contributed by atoms with Crippen LogP contribution in [0, 0.1) is 0 Å². The highest BCUT2D eigenvalue weighted by molar-refractivity contribution is 7.80. The monoisotopic (exact) mass is 526 g/mol. The average Bonchev–Trinajstić information content (AvgIpc) is 2.82. The second kappa shape index (κ2) is 15.4. The van der Waals surface area contributed by atoms with Crippen LogP contribution in [-0.2, 0) is 35.2 Å². The van der Waals surface area contributed by atoms with E-state index in [4.69, 9.17) is 15.9 Å². The van der Waals surface area contributed by atoms with Crippen LogP contribution < -0.4 is 21.7 Å². The second-order valence-electron chi connectivity index (χ2n) is 7.87. The first kappa shape index (κ1) is 30.4. The molecule has 36 heavy (non-hydrogen) atoms. The number of aliphatic carboxylic acids is 3. The predicted molar refractivity (Wildman–Crippen MR) is 129 cm³/mol. The van der Waals surface area contributed by atoms with E-state index < -0.39 is 66.2 Å². The molecular weight excluding hydrogens is 496 g/mol. The quantitative estimate of drug-likeness (QED) is 0.119. The molecule has 3 amide bonds. The van der Waals surface area contributed by atoms with Crippen LogP contribution in [0.5, 0.6) is 0 Å². The lowest BCUT2D eigenvalue weighted by Crippen LogP contribution is -2.57. The van der Waals surface area contributed by atoms with Crippen molar-refractivity contribution in [1.29, 1.82) is 0 Å². The van der Waals surface area contributed by atoms with Gasteiger partial charge in [0.25, 0.3) is 0 Å². The van der Waals surface area contributed by atoms with Crippen molar-refractivity contribution < 1.29 is 44.1 Å². The molecule has 0 saturated heterocycles. The van der Waals surface area contributed by atoms with E-state index in [1.807, 2.05) is 0 Å². The molecule has 0 aliphatic carbocycles. The Kier molecular flexibility index (Phi) is 13.0. The minimum absolute atomic E-state index is 0.0505. The first-order valence-corrected chi connectivity index (χ1v) is 11.6. The molecule has 4 atom stereocenters. The zero-order chi connectivity index (χ0) is 27.3. The fraction of sp³-hybridized carbons (Fsp3) is 0.455. The number of nitrogens with two attached hydrogens (primary N) is 1. The number of nitrogens with one attached hydrogen (secondary N) is 3. The summed E-state index contributed by atoms with van der Waals surface area (Å²) in [6, 6.07) is 3.22. The largest absolute Gasteiger partial charge is 0.481 e. The van der Waals surface area contributed by atoms with Gasteiger partial charge < -0.3 is 37.0 Å². The van der Waals surface area contributed by atoms with Crippen LogP contribution >= 0.6 is 12.6 Å². The van der Waals surface area contributed by atoms with Gasteiger partial charge in [-0.3, -0.25) is 24.0 Å². The summed E-state index contributed by atoms with van der Waals surface area (Å²) in [4.78, 5) is 71.1. The molecule has 8 N–H and O–H groups in total. The summed E-state index contributed by atoms with van der Waals surface area (Å²) in [5, 5.41) is 34.2. The molecule has 0 aromatic heterocycles. The summed E-state index contributed by atoms with van der Waals surface area (Å²) in [6.45, 7) is 0. The van der Waals surface area contributed by atoms with Gasteiger partial charge in [0.15, 0.2) is 0 Å². The molecule has 14 heteroatoms. The van der Waals surface area contributed by atoms with Crippen molar-refractivity contribution in [2.45, 2.75) is 56.3 Å². The molecule has 1 aromatic rings. The summed E-state index contributed by atoms with van der Waals surface area (Å²) in [6.07, 6.45) is -1.45. The van der Waals surface area contributed by atoms with Gasteiger partial charge >= 0.3 is 17.9 Å². The number of hydrogen-bond donors (Lipinski definition) is 8. The highest BCUT2D eigenvalue weighted by atomic mass is 32.1. The van der Waals surface area contributed by atoms with E-state index >= 15 is 0 Å². The van der Waals surface area contributed by atoms with E-state index in [9.17, 15) is 33.9 Å². The maximum atomic E-state index is 12.8. The Labute approximate surface area is 212 Å². The number of carboxylic acids is 3. The minimum Gasteiger partial charge on any atom is -0.481 e. The molecule has 1 aromatic carbocycles. The zero-order valence-corrected chi connectivity index (χ0v) is 20.1. The number of hydrogen-bond acceptors (Lipinski definition) is 8. The minimum atomic E-state index is -1.42. The molecular formula is C22H30N4O9S. The number of benzene rings is 1. The molecule has 0 fully saturated rings. The summed E-state index contributed by atoms with van der Waals surface area (Å²) in [7, 11) is 0. The number of rotatable bonds is 16. The maximum Gasteiger partial charge on any atom is 0.326 e. The summed E-state index contributed by atoms with van der Waals surface area (Å²) in [5.41, 5.74) is 6.26. The van der Waals surface area contributed by atoms with Crippen molar-refractivity contribution in [1.82, 2.24) is 16.0 Å². The fourth-order valence-electron chi connectivity index (χ4n) is 3.01. The average molecular weight is 527 g/mol. The van der Waals surface area contributed by atoms with Gasteiger partial charge in [0.05, 0.1) is 6.04 Å². The first-order chi connectivity index (χ1) is 16.9.